The van der Waals surface area contributed by atoms with Gasteiger partial charge in [-0.05, 0) is 109 Å². The molecule has 3 N–H and O–H groups in total. The molecule has 1 unspecified atom stereocenters. The lowest BCUT2D eigenvalue weighted by atomic mass is 9.72. The fraction of sp³-hybridized carbons (Fsp3) is 0.417. The van der Waals surface area contributed by atoms with Crippen molar-refractivity contribution >= 4 is 63.1 Å². The predicted octanol–water partition coefficient (Wildman–Crippen LogP) is 10.7. The molecule has 1 amide bonds. The monoisotopic (exact) mass is 946 g/mol. The number of anilines is 2. The molecule has 4 heterocycles. The number of likely N-dealkylation sites (N-methyl/N-ethyl adjacent to an activating group) is 1. The van der Waals surface area contributed by atoms with Crippen LogP contribution in [0.1, 0.15) is 67.9 Å². The van der Waals surface area contributed by atoms with E-state index in [-0.39, 0.29) is 27.8 Å². The first kappa shape index (κ1) is 47.2. The molecule has 1 aliphatic carbocycles. The summed E-state index contributed by atoms with van der Waals surface area (Å²) in [7, 11) is 0. The number of hydrogen-bond donors (Lipinski definition) is 3. The summed E-state index contributed by atoms with van der Waals surface area (Å²) in [5.41, 5.74) is 4.24. The summed E-state index contributed by atoms with van der Waals surface area (Å²) in [5, 5.41) is 16.3. The molecule has 2 aliphatic heterocycles. The van der Waals surface area contributed by atoms with E-state index >= 15 is 0 Å². The number of amides is 1. The van der Waals surface area contributed by atoms with Crippen LogP contribution in [-0.4, -0.2) is 102 Å². The molecule has 5 aromatic rings. The molecule has 2 fully saturated rings. The zero-order valence-electron chi connectivity index (χ0n) is 37.2. The number of nitrogens with one attached hydrogen (secondary N) is 3. The summed E-state index contributed by atoms with van der Waals surface area (Å²) in [6, 6.07) is 17.7. The van der Waals surface area contributed by atoms with E-state index in [1.165, 1.54) is 17.7 Å². The van der Waals surface area contributed by atoms with Crippen LogP contribution in [0, 0.1) is 15.5 Å². The van der Waals surface area contributed by atoms with Gasteiger partial charge in [0.25, 0.3) is 11.6 Å². The van der Waals surface area contributed by atoms with Gasteiger partial charge in [-0.3, -0.25) is 29.4 Å². The van der Waals surface area contributed by atoms with Gasteiger partial charge in [0.2, 0.25) is 0 Å². The van der Waals surface area contributed by atoms with E-state index < -0.39 is 22.6 Å². The van der Waals surface area contributed by atoms with Gasteiger partial charge in [0, 0.05) is 91.7 Å². The number of carbonyl (C=O) groups is 1. The van der Waals surface area contributed by atoms with Crippen LogP contribution < -0.4 is 19.7 Å². The lowest BCUT2D eigenvalue weighted by molar-refractivity contribution is -0.384. The van der Waals surface area contributed by atoms with E-state index in [0.717, 1.165) is 92.7 Å². The Hall–Kier alpha value is -5.33. The highest BCUT2D eigenvalue weighted by Gasteiger charge is 2.34. The molecular weight excluding hydrogens is 893 g/mol. The maximum Gasteiger partial charge on any atom is 0.416 e. The number of rotatable bonds is 15. The quantitative estimate of drug-likeness (QED) is 0.0525. The standard InChI is InChI=1S/C48H54ClF3N8O5S/c1-4-57-21-22-64-35(30-57)13-16-53-42-10-7-37(26-43(42)60(62)63)66-56-46(61)39-9-6-34(25-44(39)65-36-23-31-12-15-54-45(31)55-28-36)59-19-17-58(18-20-59)29-32-11-14-47(2,3)27-40(32)38-8-5-33(24-41(38)49)48(50,51)52/h5-10,12,15,23-26,28,35,53H,4,11,13-14,16-22,27,29-30H2,1-3H3,(H,54,55)(H,56,61). The van der Waals surface area contributed by atoms with E-state index in [4.69, 9.17) is 21.1 Å². The number of aromatic nitrogens is 2. The van der Waals surface area contributed by atoms with Crippen LogP contribution in [0.2, 0.25) is 5.02 Å². The number of halogens is 4. The van der Waals surface area contributed by atoms with Gasteiger partial charge in [0.1, 0.15) is 22.8 Å². The van der Waals surface area contributed by atoms with Gasteiger partial charge in [-0.15, -0.1) is 0 Å². The Kier molecular flexibility index (Phi) is 14.5. The molecule has 3 aromatic carbocycles. The third-order valence-corrected chi connectivity index (χ3v) is 13.7. The smallest absolute Gasteiger partial charge is 0.416 e. The van der Waals surface area contributed by atoms with Gasteiger partial charge in [0.15, 0.2) is 0 Å². The van der Waals surface area contributed by atoms with Crippen LogP contribution in [0.5, 0.6) is 11.5 Å². The first-order valence-electron chi connectivity index (χ1n) is 22.3. The Morgan fingerprint density at radius 2 is 1.88 bits per heavy atom. The van der Waals surface area contributed by atoms with E-state index in [2.05, 4.69) is 55.5 Å². The number of pyridine rings is 1. The van der Waals surface area contributed by atoms with Gasteiger partial charge in [-0.2, -0.15) is 13.2 Å². The molecular formula is C48H54ClF3N8O5S. The van der Waals surface area contributed by atoms with Crippen molar-refractivity contribution in [3.8, 4) is 11.5 Å². The molecule has 13 nitrogen and oxygen atoms in total. The van der Waals surface area contributed by atoms with Crippen LogP contribution in [0.15, 0.2) is 89.6 Å². The number of fused-ring (bicyclic) bond motifs is 1. The first-order valence-corrected chi connectivity index (χ1v) is 23.5. The van der Waals surface area contributed by atoms with Crippen molar-refractivity contribution in [1.82, 2.24) is 24.5 Å². The van der Waals surface area contributed by atoms with Crippen LogP contribution >= 0.6 is 23.5 Å². The Labute approximate surface area is 391 Å². The molecule has 18 heteroatoms. The topological polar surface area (TPSA) is 141 Å². The molecule has 0 bridgehead atoms. The lowest BCUT2D eigenvalue weighted by Crippen LogP contribution is -2.47. The minimum atomic E-state index is -4.47. The number of hydrogen-bond acceptors (Lipinski definition) is 11. The van der Waals surface area contributed by atoms with Gasteiger partial charge < -0.3 is 24.7 Å². The number of nitrogens with zero attached hydrogens (tertiary/aromatic N) is 5. The SMILES string of the molecule is CCN1CCOC(CCNc2ccc(SNC(=O)c3ccc(N4CCN(CC5=C(c6ccc(C(F)(F)F)cc6Cl)CC(C)(C)CC5)CC4)cc3Oc3cnc4[nH]ccc4c3)cc2[N+](=O)[O-])C1. The fourth-order valence-electron chi connectivity index (χ4n) is 8.89. The van der Waals surface area contributed by atoms with Crippen LogP contribution in [-0.2, 0) is 10.9 Å². The number of allylic oxidation sites excluding steroid dienone is 1. The number of nitro groups is 1. The lowest BCUT2D eigenvalue weighted by Gasteiger charge is -2.39. The normalized spacial score (nSPS) is 18.4. The van der Waals surface area contributed by atoms with Crippen molar-refractivity contribution in [1.29, 1.82) is 0 Å². The van der Waals surface area contributed by atoms with E-state index in [1.54, 1.807) is 30.6 Å². The molecule has 8 rings (SSSR count). The van der Waals surface area contributed by atoms with Gasteiger partial charge in [-0.25, -0.2) is 4.98 Å². The molecule has 66 heavy (non-hydrogen) atoms. The van der Waals surface area contributed by atoms with Crippen LogP contribution in [0.3, 0.4) is 0 Å². The molecule has 2 aromatic heterocycles. The third-order valence-electron chi connectivity index (χ3n) is 12.7. The van der Waals surface area contributed by atoms with Crippen molar-refractivity contribution in [3.63, 3.8) is 0 Å². The first-order chi connectivity index (χ1) is 31.6. The number of morpholine rings is 1. The summed E-state index contributed by atoms with van der Waals surface area (Å²) >= 11 is 7.53. The van der Waals surface area contributed by atoms with Gasteiger partial charge >= 0.3 is 6.18 Å². The Morgan fingerprint density at radius 3 is 2.64 bits per heavy atom. The van der Waals surface area contributed by atoms with Crippen molar-refractivity contribution in [2.75, 3.05) is 75.7 Å². The summed E-state index contributed by atoms with van der Waals surface area (Å²) in [4.78, 5) is 40.6. The molecule has 0 radical (unpaired) electrons. The van der Waals surface area contributed by atoms with E-state index in [0.29, 0.717) is 72.5 Å². The molecule has 0 spiro atoms. The van der Waals surface area contributed by atoms with Crippen molar-refractivity contribution in [2.45, 2.75) is 63.6 Å². The van der Waals surface area contributed by atoms with Crippen molar-refractivity contribution < 1.29 is 32.4 Å². The van der Waals surface area contributed by atoms with Gasteiger partial charge in [0.05, 0.1) is 35.0 Å². The molecule has 0 saturated carbocycles. The Bertz CT molecular complexity index is 2600. The number of aromatic amines is 1. The summed E-state index contributed by atoms with van der Waals surface area (Å²) in [6.07, 6.45) is 2.19. The highest BCUT2D eigenvalue weighted by atomic mass is 35.5. The molecule has 2 saturated heterocycles. The minimum absolute atomic E-state index is 0.0134. The Morgan fingerprint density at radius 1 is 1.06 bits per heavy atom. The average molecular weight is 948 g/mol. The van der Waals surface area contributed by atoms with E-state index in [1.807, 2.05) is 24.3 Å². The average Bonchev–Trinajstić information content (AvgIpc) is 3.77. The second kappa shape index (κ2) is 20.3. The molecule has 3 aliphatic rings. The number of benzene rings is 3. The Balaban J connectivity index is 0.954. The largest absolute Gasteiger partial charge is 0.455 e. The highest BCUT2D eigenvalue weighted by Crippen LogP contribution is 2.46. The number of piperazine rings is 1. The third kappa shape index (κ3) is 11.4. The predicted molar refractivity (Wildman–Crippen MR) is 254 cm³/mol. The number of ether oxygens (including phenoxy) is 2. The second-order valence-electron chi connectivity index (χ2n) is 17.8. The van der Waals surface area contributed by atoms with Crippen LogP contribution in [0.4, 0.5) is 30.2 Å². The maximum atomic E-state index is 13.9. The minimum Gasteiger partial charge on any atom is -0.455 e. The number of nitro benzene ring substituents is 1. The second-order valence-corrected chi connectivity index (χ2v) is 19.1. The van der Waals surface area contributed by atoms with E-state index in [9.17, 15) is 28.1 Å². The zero-order chi connectivity index (χ0) is 46.6. The highest BCUT2D eigenvalue weighted by molar-refractivity contribution is 7.98. The summed E-state index contributed by atoms with van der Waals surface area (Å²) < 4.78 is 55.6. The number of H-pyrrole nitrogens is 1. The molecule has 350 valence electrons. The summed E-state index contributed by atoms with van der Waals surface area (Å²) in [5.74, 6) is 0.302. The van der Waals surface area contributed by atoms with Gasteiger partial charge in [-0.1, -0.05) is 44.0 Å². The maximum absolute atomic E-state index is 13.9. The van der Waals surface area contributed by atoms with Crippen molar-refractivity contribution in [2.24, 2.45) is 5.41 Å². The van der Waals surface area contributed by atoms with Crippen molar-refractivity contribution in [3.05, 3.63) is 117 Å². The fourth-order valence-corrected chi connectivity index (χ4v) is 9.81. The van der Waals surface area contributed by atoms with Crippen LogP contribution in [0.25, 0.3) is 16.6 Å². The number of alkyl halides is 3. The zero-order valence-corrected chi connectivity index (χ0v) is 38.8. The number of carbonyl (C=O) groups excluding carboxylic acids is 1. The molecule has 1 atom stereocenters. The summed E-state index contributed by atoms with van der Waals surface area (Å²) in [6.45, 7) is 13.9.